The number of esters is 1. The highest BCUT2D eigenvalue weighted by Crippen LogP contribution is 2.72. The minimum atomic E-state index is -0.285. The van der Waals surface area contributed by atoms with E-state index in [-0.39, 0.29) is 40.5 Å². The third-order valence-electron chi connectivity index (χ3n) is 9.31. The molecule has 0 aromatic carbocycles. The largest absolute Gasteiger partial charge is 0.459 e. The van der Waals surface area contributed by atoms with E-state index in [2.05, 4.69) is 12.2 Å². The first-order chi connectivity index (χ1) is 13.9. The Labute approximate surface area is 171 Å². The zero-order valence-corrected chi connectivity index (χ0v) is 17.3. The van der Waals surface area contributed by atoms with E-state index >= 15 is 0 Å². The van der Waals surface area contributed by atoms with Crippen LogP contribution in [0.4, 0.5) is 0 Å². The molecule has 0 aromatic rings. The summed E-state index contributed by atoms with van der Waals surface area (Å²) >= 11 is 0. The smallest absolute Gasteiger partial charge is 0.306 e. The van der Waals surface area contributed by atoms with Crippen molar-refractivity contribution in [1.82, 2.24) is 5.32 Å². The Morgan fingerprint density at radius 1 is 1.17 bits per heavy atom. The zero-order chi connectivity index (χ0) is 20.1. The fraction of sp³-hybridized carbons (Fsp3) is 0.708. The second-order valence-corrected chi connectivity index (χ2v) is 10.4. The first kappa shape index (κ1) is 17.9. The van der Waals surface area contributed by atoms with Gasteiger partial charge in [0.15, 0.2) is 5.78 Å². The summed E-state index contributed by atoms with van der Waals surface area (Å²) in [6.07, 6.45) is 8.47. The Bertz CT molecular complexity index is 916. The van der Waals surface area contributed by atoms with Crippen molar-refractivity contribution < 1.29 is 19.1 Å². The molecule has 1 saturated heterocycles. The lowest BCUT2D eigenvalue weighted by Crippen LogP contribution is -2.51. The molecule has 1 amide bonds. The van der Waals surface area contributed by atoms with Crippen LogP contribution in [0.5, 0.6) is 0 Å². The van der Waals surface area contributed by atoms with Gasteiger partial charge in [-0.3, -0.25) is 14.4 Å². The molecule has 6 rings (SSSR count). The maximum atomic E-state index is 13.0. The SMILES string of the molecule is CNC(=O)[C@@H]1CC2=CC(=O)CCC2(C)C2=C3C[C@@H]3C3C(CC[C@@]34CCC(=O)O4)C21. The van der Waals surface area contributed by atoms with Crippen molar-refractivity contribution in [2.24, 2.45) is 35.0 Å². The molecule has 5 aliphatic carbocycles. The van der Waals surface area contributed by atoms with Crippen LogP contribution in [0, 0.1) is 35.0 Å². The number of nitrogens with one attached hydrogen (secondary N) is 1. The number of carbonyl (C=O) groups is 3. The minimum absolute atomic E-state index is 0.0444. The summed E-state index contributed by atoms with van der Waals surface area (Å²) < 4.78 is 6.01. The minimum Gasteiger partial charge on any atom is -0.459 e. The van der Waals surface area contributed by atoms with Gasteiger partial charge in [0.2, 0.25) is 5.91 Å². The summed E-state index contributed by atoms with van der Waals surface area (Å²) in [5, 5.41) is 2.90. The molecule has 5 nitrogen and oxygen atoms in total. The normalized spacial score (nSPS) is 47.1. The summed E-state index contributed by atoms with van der Waals surface area (Å²) in [5.41, 5.74) is 3.83. The highest BCUT2D eigenvalue weighted by molar-refractivity contribution is 5.92. The van der Waals surface area contributed by atoms with Gasteiger partial charge in [0.25, 0.3) is 0 Å². The topological polar surface area (TPSA) is 72.5 Å². The van der Waals surface area contributed by atoms with Gasteiger partial charge in [0.05, 0.1) is 0 Å². The highest BCUT2D eigenvalue weighted by Gasteiger charge is 2.68. The van der Waals surface area contributed by atoms with Crippen molar-refractivity contribution in [3.8, 4) is 0 Å². The molecular weight excluding hydrogens is 366 g/mol. The average molecular weight is 395 g/mol. The van der Waals surface area contributed by atoms with Crippen LogP contribution in [0.15, 0.2) is 22.8 Å². The number of ether oxygens (including phenoxy) is 1. The van der Waals surface area contributed by atoms with Gasteiger partial charge in [0.1, 0.15) is 5.60 Å². The first-order valence-corrected chi connectivity index (χ1v) is 11.3. The van der Waals surface area contributed by atoms with E-state index in [4.69, 9.17) is 4.74 Å². The predicted molar refractivity (Wildman–Crippen MR) is 105 cm³/mol. The highest BCUT2D eigenvalue weighted by atomic mass is 16.6. The molecule has 0 aromatic heterocycles. The fourth-order valence-electron chi connectivity index (χ4n) is 8.11. The van der Waals surface area contributed by atoms with Crippen molar-refractivity contribution in [2.45, 2.75) is 63.9 Å². The molecule has 7 atom stereocenters. The molecule has 0 bridgehead atoms. The molecule has 1 N–H and O–H groups in total. The lowest BCUT2D eigenvalue weighted by atomic mass is 9.51. The van der Waals surface area contributed by atoms with Crippen LogP contribution < -0.4 is 5.32 Å². The number of allylic oxidation sites excluding steroid dienone is 4. The van der Waals surface area contributed by atoms with Crippen LogP contribution in [-0.2, 0) is 19.1 Å². The number of hydrogen-bond acceptors (Lipinski definition) is 4. The molecule has 154 valence electrons. The Morgan fingerprint density at radius 2 is 2.00 bits per heavy atom. The predicted octanol–water partition coefficient (Wildman–Crippen LogP) is 3.10. The van der Waals surface area contributed by atoms with Crippen molar-refractivity contribution in [2.75, 3.05) is 7.05 Å². The van der Waals surface area contributed by atoms with Crippen LogP contribution in [0.25, 0.3) is 0 Å². The first-order valence-electron chi connectivity index (χ1n) is 11.3. The molecule has 5 heteroatoms. The Hall–Kier alpha value is -1.91. The van der Waals surface area contributed by atoms with E-state index in [9.17, 15) is 14.4 Å². The number of carbonyl (C=O) groups excluding carboxylic acids is 3. The number of fused-ring (bicyclic) bond motifs is 8. The summed E-state index contributed by atoms with van der Waals surface area (Å²) in [5.74, 6) is 1.66. The molecular formula is C24H29NO4. The third-order valence-corrected chi connectivity index (χ3v) is 9.31. The fourth-order valence-corrected chi connectivity index (χ4v) is 8.11. The molecule has 4 fully saturated rings. The van der Waals surface area contributed by atoms with Crippen LogP contribution in [0.3, 0.4) is 0 Å². The van der Waals surface area contributed by atoms with Crippen molar-refractivity contribution in [1.29, 1.82) is 0 Å². The van der Waals surface area contributed by atoms with Gasteiger partial charge in [-0.2, -0.15) is 0 Å². The lowest BCUT2D eigenvalue weighted by molar-refractivity contribution is -0.153. The van der Waals surface area contributed by atoms with E-state index in [1.54, 1.807) is 7.05 Å². The van der Waals surface area contributed by atoms with Crippen molar-refractivity contribution in [3.05, 3.63) is 22.8 Å². The number of amides is 1. The number of ketones is 1. The van der Waals surface area contributed by atoms with Gasteiger partial charge in [-0.1, -0.05) is 23.6 Å². The molecule has 4 unspecified atom stereocenters. The third kappa shape index (κ3) is 2.19. The molecule has 3 saturated carbocycles. The summed E-state index contributed by atoms with van der Waals surface area (Å²) in [4.78, 5) is 37.3. The second kappa shape index (κ2) is 5.61. The van der Waals surface area contributed by atoms with Gasteiger partial charge in [-0.25, -0.2) is 0 Å². The van der Waals surface area contributed by atoms with Gasteiger partial charge >= 0.3 is 5.97 Å². The van der Waals surface area contributed by atoms with Crippen LogP contribution in [-0.4, -0.2) is 30.3 Å². The van der Waals surface area contributed by atoms with Crippen molar-refractivity contribution in [3.63, 3.8) is 0 Å². The standard InChI is InChI=1S/C24H29NO4/c1-23-6-3-13(26)9-12(23)10-17(22(28)25-2)19-14-4-7-24(8-5-18(27)29-24)20(14)15-11-16(15)21(19)23/h9,14-15,17,19-20H,3-8,10-11H2,1-2H3,(H,25,28)/t14?,15-,17+,19?,20?,23?,24+/m0/s1. The molecule has 6 aliphatic rings. The summed E-state index contributed by atoms with van der Waals surface area (Å²) in [7, 11) is 1.72. The van der Waals surface area contributed by atoms with E-state index in [0.29, 0.717) is 37.0 Å². The lowest BCUT2D eigenvalue weighted by Gasteiger charge is -2.53. The molecule has 1 heterocycles. The van der Waals surface area contributed by atoms with E-state index in [1.807, 2.05) is 6.08 Å². The zero-order valence-electron chi connectivity index (χ0n) is 17.3. The summed E-state index contributed by atoms with van der Waals surface area (Å²) in [6, 6.07) is 0. The van der Waals surface area contributed by atoms with Gasteiger partial charge in [-0.05, 0) is 62.4 Å². The van der Waals surface area contributed by atoms with E-state index in [0.717, 1.165) is 32.1 Å². The van der Waals surface area contributed by atoms with E-state index in [1.165, 1.54) is 16.7 Å². The molecule has 0 radical (unpaired) electrons. The monoisotopic (exact) mass is 395 g/mol. The van der Waals surface area contributed by atoms with Gasteiger partial charge in [0, 0.05) is 37.1 Å². The Kier molecular flexibility index (Phi) is 3.47. The molecule has 1 aliphatic heterocycles. The van der Waals surface area contributed by atoms with Crippen molar-refractivity contribution >= 4 is 17.7 Å². The van der Waals surface area contributed by atoms with E-state index < -0.39 is 0 Å². The quantitative estimate of drug-likeness (QED) is 0.547. The van der Waals surface area contributed by atoms with Crippen LogP contribution in [0.2, 0.25) is 0 Å². The Balaban J connectivity index is 1.50. The molecule has 1 spiro atoms. The second-order valence-electron chi connectivity index (χ2n) is 10.4. The average Bonchev–Trinajstić information content (AvgIpc) is 3.27. The van der Waals surface area contributed by atoms with Gasteiger partial charge < -0.3 is 10.1 Å². The van der Waals surface area contributed by atoms with Crippen LogP contribution in [0.1, 0.15) is 58.3 Å². The maximum absolute atomic E-state index is 13.0. The van der Waals surface area contributed by atoms with Gasteiger partial charge in [-0.15, -0.1) is 0 Å². The number of rotatable bonds is 1. The Morgan fingerprint density at radius 3 is 2.72 bits per heavy atom. The molecule has 29 heavy (non-hydrogen) atoms. The van der Waals surface area contributed by atoms with Crippen LogP contribution >= 0.6 is 0 Å². The number of hydrogen-bond donors (Lipinski definition) is 1. The summed E-state index contributed by atoms with van der Waals surface area (Å²) in [6.45, 7) is 2.32. The maximum Gasteiger partial charge on any atom is 0.306 e.